The quantitative estimate of drug-likeness (QED) is 0.612. The molecule has 1 amide bonds. The van der Waals surface area contributed by atoms with Crippen molar-refractivity contribution in [2.45, 2.75) is 0 Å². The molecule has 0 radical (unpaired) electrons. The lowest BCUT2D eigenvalue weighted by Crippen LogP contribution is -2.10. The van der Waals surface area contributed by atoms with E-state index in [2.05, 4.69) is 20.9 Å². The first-order valence-corrected chi connectivity index (χ1v) is 5.00. The number of hydrogen-bond acceptors (Lipinski definition) is 1. The first-order valence-electron chi connectivity index (χ1n) is 4.20. The van der Waals surface area contributed by atoms with Gasteiger partial charge >= 0.3 is 0 Å². The molecule has 0 heterocycles. The van der Waals surface area contributed by atoms with Gasteiger partial charge in [0, 0.05) is 18.6 Å². The number of carbonyl (C=O) groups is 1. The maximum Gasteiger partial charge on any atom is 0.281 e. The minimum Gasteiger partial charge on any atom is -0.369 e. The second-order valence-electron chi connectivity index (χ2n) is 3.14. The lowest BCUT2D eigenvalue weighted by molar-refractivity contribution is 0.0998. The Hall–Kier alpha value is -1.23. The minimum absolute atomic E-state index is 0.0312. The molecule has 1 aromatic rings. The Kier molecular flexibility index (Phi) is 3.96. The van der Waals surface area contributed by atoms with Crippen LogP contribution >= 0.6 is 15.9 Å². The van der Waals surface area contributed by atoms with Crippen molar-refractivity contribution in [2.24, 2.45) is 4.99 Å². The van der Waals surface area contributed by atoms with Crippen LogP contribution in [0.3, 0.4) is 0 Å². The first kappa shape index (κ1) is 11.8. The monoisotopic (exact) mass is 272 g/mol. The molecule has 0 saturated heterocycles. The molecule has 15 heavy (non-hydrogen) atoms. The van der Waals surface area contributed by atoms with Gasteiger partial charge < -0.3 is 4.90 Å². The highest BCUT2D eigenvalue weighted by Gasteiger charge is 2.09. The summed E-state index contributed by atoms with van der Waals surface area (Å²) in [6.07, 6.45) is 1.34. The fourth-order valence-corrected chi connectivity index (χ4v) is 1.23. The summed E-state index contributed by atoms with van der Waals surface area (Å²) in [5, 5.41) is 0. The molecular weight excluding hydrogens is 263 g/mol. The Bertz CT molecular complexity index is 404. The third kappa shape index (κ3) is 3.43. The summed E-state index contributed by atoms with van der Waals surface area (Å²) < 4.78 is 13.9. The normalized spacial score (nSPS) is 10.7. The summed E-state index contributed by atoms with van der Waals surface area (Å²) in [6.45, 7) is 0. The number of hydrogen-bond donors (Lipinski definition) is 0. The molecule has 0 aliphatic carbocycles. The molecule has 3 nitrogen and oxygen atoms in total. The van der Waals surface area contributed by atoms with Crippen molar-refractivity contribution in [3.8, 4) is 0 Å². The average molecular weight is 273 g/mol. The number of carbonyl (C=O) groups excluding carboxylic acids is 1. The molecule has 0 bridgehead atoms. The van der Waals surface area contributed by atoms with Crippen LogP contribution in [0.25, 0.3) is 0 Å². The van der Waals surface area contributed by atoms with Gasteiger partial charge in [-0.2, -0.15) is 4.99 Å². The smallest absolute Gasteiger partial charge is 0.281 e. The van der Waals surface area contributed by atoms with E-state index in [1.54, 1.807) is 25.1 Å². The van der Waals surface area contributed by atoms with Crippen LogP contribution in [0.15, 0.2) is 27.7 Å². The van der Waals surface area contributed by atoms with E-state index in [-0.39, 0.29) is 5.56 Å². The van der Waals surface area contributed by atoms with E-state index >= 15 is 0 Å². The van der Waals surface area contributed by atoms with Crippen molar-refractivity contribution in [2.75, 3.05) is 14.1 Å². The zero-order chi connectivity index (χ0) is 11.4. The van der Waals surface area contributed by atoms with E-state index in [0.717, 1.165) is 0 Å². The molecule has 0 fully saturated rings. The highest BCUT2D eigenvalue weighted by molar-refractivity contribution is 9.10. The Morgan fingerprint density at radius 3 is 2.73 bits per heavy atom. The molecule has 0 saturated carbocycles. The van der Waals surface area contributed by atoms with Crippen molar-refractivity contribution in [1.29, 1.82) is 0 Å². The Morgan fingerprint density at radius 1 is 1.53 bits per heavy atom. The standard InChI is InChI=1S/C10H10BrFN2O/c1-14(2)6-13-10(15)8-4-3-7(11)5-9(8)12/h3-6H,1-2H3. The third-order valence-corrected chi connectivity index (χ3v) is 2.06. The number of rotatable bonds is 2. The predicted octanol–water partition coefficient (Wildman–Crippen LogP) is 2.32. The molecule has 80 valence electrons. The van der Waals surface area contributed by atoms with Gasteiger partial charge in [-0.05, 0) is 18.2 Å². The maximum atomic E-state index is 13.3. The Morgan fingerprint density at radius 2 is 2.20 bits per heavy atom. The molecule has 5 heteroatoms. The van der Waals surface area contributed by atoms with E-state index in [9.17, 15) is 9.18 Å². The number of aliphatic imine (C=N–C) groups is 1. The first-order chi connectivity index (χ1) is 7.00. The van der Waals surface area contributed by atoms with E-state index in [1.165, 1.54) is 18.5 Å². The van der Waals surface area contributed by atoms with Crippen molar-refractivity contribution in [3.63, 3.8) is 0 Å². The van der Waals surface area contributed by atoms with Gasteiger partial charge in [0.15, 0.2) is 0 Å². The highest BCUT2D eigenvalue weighted by Crippen LogP contribution is 2.15. The molecule has 0 aromatic heterocycles. The van der Waals surface area contributed by atoms with Crippen molar-refractivity contribution >= 4 is 28.2 Å². The molecule has 0 aliphatic heterocycles. The fraction of sp³-hybridized carbons (Fsp3) is 0.200. The van der Waals surface area contributed by atoms with Gasteiger partial charge in [0.25, 0.3) is 5.91 Å². The maximum absolute atomic E-state index is 13.3. The second-order valence-corrected chi connectivity index (χ2v) is 4.05. The summed E-state index contributed by atoms with van der Waals surface area (Å²) >= 11 is 3.11. The van der Waals surface area contributed by atoms with E-state index in [4.69, 9.17) is 0 Å². The van der Waals surface area contributed by atoms with E-state index in [1.807, 2.05) is 0 Å². The lowest BCUT2D eigenvalue weighted by atomic mass is 10.2. The molecule has 0 spiro atoms. The van der Waals surface area contributed by atoms with Gasteiger partial charge in [0.05, 0.1) is 11.9 Å². The Labute approximate surface area is 95.7 Å². The SMILES string of the molecule is CN(C)C=NC(=O)c1ccc(Br)cc1F. The van der Waals surface area contributed by atoms with Crippen LogP contribution < -0.4 is 0 Å². The van der Waals surface area contributed by atoms with Crippen molar-refractivity contribution in [3.05, 3.63) is 34.1 Å². The predicted molar refractivity (Wildman–Crippen MR) is 60.6 cm³/mol. The summed E-state index contributed by atoms with van der Waals surface area (Å²) in [6, 6.07) is 4.23. The highest BCUT2D eigenvalue weighted by atomic mass is 79.9. The minimum atomic E-state index is -0.589. The van der Waals surface area contributed by atoms with Gasteiger partial charge in [0.1, 0.15) is 5.82 Å². The molecule has 0 N–H and O–H groups in total. The topological polar surface area (TPSA) is 32.7 Å². The summed E-state index contributed by atoms with van der Waals surface area (Å²) in [4.78, 5) is 16.6. The lowest BCUT2D eigenvalue weighted by Gasteiger charge is -2.02. The molecule has 0 unspecified atom stereocenters. The number of benzene rings is 1. The van der Waals surface area contributed by atoms with E-state index < -0.39 is 11.7 Å². The van der Waals surface area contributed by atoms with Crippen LogP contribution in [0.1, 0.15) is 10.4 Å². The second kappa shape index (κ2) is 5.02. The molecule has 1 rings (SSSR count). The molecule has 1 aromatic carbocycles. The van der Waals surface area contributed by atoms with Gasteiger partial charge in [-0.3, -0.25) is 4.79 Å². The van der Waals surface area contributed by atoms with Gasteiger partial charge in [0.2, 0.25) is 0 Å². The van der Waals surface area contributed by atoms with Crippen LogP contribution in [0.2, 0.25) is 0 Å². The van der Waals surface area contributed by atoms with Crippen LogP contribution in [0.5, 0.6) is 0 Å². The molecule has 0 aliphatic rings. The fourth-order valence-electron chi connectivity index (χ4n) is 0.900. The third-order valence-electron chi connectivity index (χ3n) is 1.57. The number of nitrogens with zero attached hydrogens (tertiary/aromatic N) is 2. The summed E-state index contributed by atoms with van der Waals surface area (Å²) in [7, 11) is 3.46. The van der Waals surface area contributed by atoms with Crippen LogP contribution in [0, 0.1) is 5.82 Å². The zero-order valence-corrected chi connectivity index (χ0v) is 9.95. The van der Waals surface area contributed by atoms with E-state index in [0.29, 0.717) is 4.47 Å². The number of amides is 1. The zero-order valence-electron chi connectivity index (χ0n) is 8.37. The average Bonchev–Trinajstić information content (AvgIpc) is 2.14. The summed E-state index contributed by atoms with van der Waals surface area (Å²) in [5.74, 6) is -1.17. The van der Waals surface area contributed by atoms with Crippen molar-refractivity contribution in [1.82, 2.24) is 4.90 Å². The van der Waals surface area contributed by atoms with Crippen LogP contribution in [-0.4, -0.2) is 31.2 Å². The molecular formula is C10H10BrFN2O. The van der Waals surface area contributed by atoms with Crippen LogP contribution in [0.4, 0.5) is 4.39 Å². The number of halogens is 2. The summed E-state index contributed by atoms with van der Waals surface area (Å²) in [5.41, 5.74) is -0.0312. The Balaban J connectivity index is 2.92. The van der Waals surface area contributed by atoms with Gasteiger partial charge in [-0.25, -0.2) is 4.39 Å². The van der Waals surface area contributed by atoms with Gasteiger partial charge in [-0.15, -0.1) is 0 Å². The van der Waals surface area contributed by atoms with Gasteiger partial charge in [-0.1, -0.05) is 15.9 Å². The van der Waals surface area contributed by atoms with Crippen LogP contribution in [-0.2, 0) is 0 Å². The largest absolute Gasteiger partial charge is 0.369 e. The van der Waals surface area contributed by atoms with Crippen molar-refractivity contribution < 1.29 is 9.18 Å². The molecule has 0 atom stereocenters.